The molecule has 0 aliphatic carbocycles. The lowest BCUT2D eigenvalue weighted by Crippen LogP contribution is -2.53. The maximum atomic E-state index is 12.5. The van der Waals surface area contributed by atoms with Crippen molar-refractivity contribution in [3.8, 4) is 11.4 Å². The number of rotatable bonds is 6. The summed E-state index contributed by atoms with van der Waals surface area (Å²) >= 11 is 1.82. The summed E-state index contributed by atoms with van der Waals surface area (Å²) in [6.45, 7) is 6.19. The number of sulfone groups is 1. The first-order valence-corrected chi connectivity index (χ1v) is 16.6. The van der Waals surface area contributed by atoms with E-state index in [0.29, 0.717) is 31.1 Å². The lowest BCUT2D eigenvalue weighted by atomic mass is 9.94. The fourth-order valence-electron chi connectivity index (χ4n) is 6.14. The quantitative estimate of drug-likeness (QED) is 0.362. The lowest BCUT2D eigenvalue weighted by molar-refractivity contribution is 0.107. The SMILES string of the molecule is CS(=O)(=O)c1cc(-c2nc(N3CCOCC3)c3sc(C(C4CCN4)N4CCCCC4)cc3n2)c2cc[nH]c2c1. The van der Waals surface area contributed by atoms with Crippen LogP contribution in [0.3, 0.4) is 0 Å². The van der Waals surface area contributed by atoms with E-state index in [2.05, 4.69) is 26.2 Å². The monoisotopic (exact) mass is 566 g/mol. The van der Waals surface area contributed by atoms with E-state index in [1.807, 2.05) is 23.6 Å². The van der Waals surface area contributed by atoms with Gasteiger partial charge >= 0.3 is 0 Å². The van der Waals surface area contributed by atoms with Crippen LogP contribution in [0.5, 0.6) is 0 Å². The van der Waals surface area contributed by atoms with Crippen LogP contribution in [0, 0.1) is 0 Å². The molecule has 11 heteroatoms. The van der Waals surface area contributed by atoms with Gasteiger partial charge in [-0.2, -0.15) is 0 Å². The van der Waals surface area contributed by atoms with Crippen LogP contribution in [-0.2, 0) is 14.6 Å². The zero-order valence-electron chi connectivity index (χ0n) is 22.1. The number of H-pyrrole nitrogens is 1. The molecular weight excluding hydrogens is 532 g/mol. The van der Waals surface area contributed by atoms with E-state index >= 15 is 0 Å². The van der Waals surface area contributed by atoms with Crippen LogP contribution in [-0.4, -0.2) is 86.5 Å². The van der Waals surface area contributed by atoms with Gasteiger partial charge in [0.05, 0.1) is 34.4 Å². The second-order valence-corrected chi connectivity index (χ2v) is 14.0. The molecule has 4 aromatic rings. The molecule has 3 aromatic heterocycles. The van der Waals surface area contributed by atoms with Crippen molar-refractivity contribution in [1.29, 1.82) is 0 Å². The highest BCUT2D eigenvalue weighted by molar-refractivity contribution is 7.90. The average Bonchev–Trinajstić information content (AvgIpc) is 3.57. The summed E-state index contributed by atoms with van der Waals surface area (Å²) in [6.07, 6.45) is 8.07. The van der Waals surface area contributed by atoms with E-state index in [0.717, 1.165) is 65.2 Å². The van der Waals surface area contributed by atoms with Crippen molar-refractivity contribution in [1.82, 2.24) is 25.2 Å². The third kappa shape index (κ3) is 4.74. The number of anilines is 1. The number of hydrogen-bond acceptors (Lipinski definition) is 9. The van der Waals surface area contributed by atoms with Gasteiger partial charge in [0.25, 0.3) is 0 Å². The number of morpholine rings is 1. The van der Waals surface area contributed by atoms with Crippen molar-refractivity contribution in [3.05, 3.63) is 35.3 Å². The Morgan fingerprint density at radius 3 is 2.59 bits per heavy atom. The first-order valence-electron chi connectivity index (χ1n) is 13.9. The second kappa shape index (κ2) is 10.1. The lowest BCUT2D eigenvalue weighted by Gasteiger charge is -2.43. The van der Waals surface area contributed by atoms with Crippen LogP contribution < -0.4 is 10.2 Å². The Bertz CT molecular complexity index is 1620. The number of hydrogen-bond donors (Lipinski definition) is 2. The van der Waals surface area contributed by atoms with Gasteiger partial charge in [0.15, 0.2) is 21.5 Å². The molecule has 0 spiro atoms. The van der Waals surface area contributed by atoms with Crippen LogP contribution >= 0.6 is 11.3 Å². The van der Waals surface area contributed by atoms with Crippen molar-refractivity contribution >= 4 is 48.1 Å². The molecule has 3 aliphatic rings. The number of aromatic nitrogens is 3. The number of nitrogens with one attached hydrogen (secondary N) is 2. The minimum atomic E-state index is -3.41. The fourth-order valence-corrected chi connectivity index (χ4v) is 8.12. The summed E-state index contributed by atoms with van der Waals surface area (Å²) in [7, 11) is -3.41. The second-order valence-electron chi connectivity index (χ2n) is 10.9. The molecule has 3 fully saturated rings. The van der Waals surface area contributed by atoms with Gasteiger partial charge in [-0.3, -0.25) is 4.90 Å². The summed E-state index contributed by atoms with van der Waals surface area (Å²) in [5.41, 5.74) is 2.42. The zero-order valence-corrected chi connectivity index (χ0v) is 23.8. The Morgan fingerprint density at radius 2 is 1.87 bits per heavy atom. The summed E-state index contributed by atoms with van der Waals surface area (Å²) in [5, 5.41) is 4.59. The van der Waals surface area contributed by atoms with E-state index in [1.165, 1.54) is 36.8 Å². The molecule has 0 saturated carbocycles. The standard InChI is InChI=1S/C28H34N6O3S2/c1-39(35,36)18-15-20(19-5-7-30-22(19)16-18)27-31-23-17-24(25(21-6-8-29-21)33-9-3-2-4-10-33)38-26(23)28(32-27)34-11-13-37-14-12-34/h5,7,15-17,21,25,29-30H,2-4,6,8-14H2,1H3. The maximum Gasteiger partial charge on any atom is 0.175 e. The van der Waals surface area contributed by atoms with Crippen molar-refractivity contribution in [3.63, 3.8) is 0 Å². The number of piperidine rings is 1. The molecule has 6 heterocycles. The molecule has 7 rings (SSSR count). The Balaban J connectivity index is 1.41. The number of likely N-dealkylation sites (tertiary alicyclic amines) is 1. The Labute approximate surface area is 232 Å². The zero-order chi connectivity index (χ0) is 26.6. The van der Waals surface area contributed by atoms with Crippen molar-refractivity contribution in [2.75, 3.05) is 57.1 Å². The van der Waals surface area contributed by atoms with Gasteiger partial charge in [0.1, 0.15) is 0 Å². The van der Waals surface area contributed by atoms with Crippen molar-refractivity contribution in [2.24, 2.45) is 0 Å². The molecular formula is C28H34N6O3S2. The molecule has 2 unspecified atom stereocenters. The summed E-state index contributed by atoms with van der Waals surface area (Å²) in [5.74, 6) is 1.47. The molecule has 1 aromatic carbocycles. The van der Waals surface area contributed by atoms with Gasteiger partial charge in [-0.05, 0) is 63.2 Å². The number of benzene rings is 1. The molecule has 2 atom stereocenters. The largest absolute Gasteiger partial charge is 0.378 e. The van der Waals surface area contributed by atoms with E-state index in [-0.39, 0.29) is 4.90 Å². The highest BCUT2D eigenvalue weighted by atomic mass is 32.2. The Hall–Kier alpha value is -2.57. The van der Waals surface area contributed by atoms with Crippen LogP contribution in [0.4, 0.5) is 5.82 Å². The topological polar surface area (TPSA) is 103 Å². The minimum Gasteiger partial charge on any atom is -0.378 e. The first-order chi connectivity index (χ1) is 19.0. The minimum absolute atomic E-state index is 0.260. The normalized spacial score (nSPS) is 21.9. The molecule has 3 aliphatic heterocycles. The van der Waals surface area contributed by atoms with E-state index in [4.69, 9.17) is 14.7 Å². The summed E-state index contributed by atoms with van der Waals surface area (Å²) in [6, 6.07) is 8.44. The molecule has 0 amide bonds. The van der Waals surface area contributed by atoms with Gasteiger partial charge in [0, 0.05) is 52.9 Å². The average molecular weight is 567 g/mol. The van der Waals surface area contributed by atoms with Crippen LogP contribution in [0.25, 0.3) is 32.5 Å². The third-order valence-electron chi connectivity index (χ3n) is 8.31. The van der Waals surface area contributed by atoms with Gasteiger partial charge in [0.2, 0.25) is 0 Å². The fraction of sp³-hybridized carbons (Fsp3) is 0.500. The number of aromatic amines is 1. The van der Waals surface area contributed by atoms with Crippen molar-refractivity contribution in [2.45, 2.75) is 42.7 Å². The molecule has 2 N–H and O–H groups in total. The molecule has 3 saturated heterocycles. The summed E-state index contributed by atoms with van der Waals surface area (Å²) < 4.78 is 31.9. The molecule has 0 radical (unpaired) electrons. The molecule has 0 bridgehead atoms. The number of thiophene rings is 1. The molecule has 206 valence electrons. The van der Waals surface area contributed by atoms with Crippen LogP contribution in [0.15, 0.2) is 35.4 Å². The predicted octanol–water partition coefficient (Wildman–Crippen LogP) is 3.97. The van der Waals surface area contributed by atoms with E-state index < -0.39 is 9.84 Å². The highest BCUT2D eigenvalue weighted by Gasteiger charge is 2.35. The first kappa shape index (κ1) is 25.4. The predicted molar refractivity (Wildman–Crippen MR) is 155 cm³/mol. The van der Waals surface area contributed by atoms with Crippen LogP contribution in [0.2, 0.25) is 0 Å². The number of nitrogens with zero attached hydrogens (tertiary/aromatic N) is 4. The summed E-state index contributed by atoms with van der Waals surface area (Å²) in [4.78, 5) is 20.0. The number of ether oxygens (including phenoxy) is 1. The van der Waals surface area contributed by atoms with Crippen LogP contribution in [0.1, 0.15) is 36.6 Å². The molecule has 39 heavy (non-hydrogen) atoms. The maximum absolute atomic E-state index is 12.5. The van der Waals surface area contributed by atoms with E-state index in [9.17, 15) is 8.42 Å². The van der Waals surface area contributed by atoms with Gasteiger partial charge in [-0.15, -0.1) is 11.3 Å². The molecule has 9 nitrogen and oxygen atoms in total. The third-order valence-corrected chi connectivity index (χ3v) is 10.6. The number of fused-ring (bicyclic) bond motifs is 2. The van der Waals surface area contributed by atoms with Crippen molar-refractivity contribution < 1.29 is 13.2 Å². The van der Waals surface area contributed by atoms with Gasteiger partial charge in [-0.1, -0.05) is 6.42 Å². The highest BCUT2D eigenvalue weighted by Crippen LogP contribution is 2.42. The van der Waals surface area contributed by atoms with Gasteiger partial charge in [-0.25, -0.2) is 18.4 Å². The van der Waals surface area contributed by atoms with E-state index in [1.54, 1.807) is 12.1 Å². The Morgan fingerprint density at radius 1 is 1.08 bits per heavy atom. The van der Waals surface area contributed by atoms with Gasteiger partial charge < -0.3 is 19.9 Å². The smallest absolute Gasteiger partial charge is 0.175 e. The Kier molecular flexibility index (Phi) is 6.59.